The van der Waals surface area contributed by atoms with Crippen LogP contribution in [0.5, 0.6) is 0 Å². The largest absolute Gasteiger partial charge is 0.480 e. The molecule has 2 rings (SSSR count). The summed E-state index contributed by atoms with van der Waals surface area (Å²) in [6, 6.07) is -0.693. The van der Waals surface area contributed by atoms with Crippen molar-refractivity contribution in [3.8, 4) is 0 Å². The van der Waals surface area contributed by atoms with E-state index in [0.29, 0.717) is 12.6 Å². The molecule has 0 unspecified atom stereocenters. The van der Waals surface area contributed by atoms with Crippen molar-refractivity contribution in [3.05, 3.63) is 0 Å². The summed E-state index contributed by atoms with van der Waals surface area (Å²) in [7, 11) is 2.02. The predicted molar refractivity (Wildman–Crippen MR) is 67.8 cm³/mol. The summed E-state index contributed by atoms with van der Waals surface area (Å²) in [5.41, 5.74) is 0. The number of carboxylic acid groups (broad SMARTS) is 1. The Hall–Kier alpha value is -1.34. The van der Waals surface area contributed by atoms with E-state index in [-0.39, 0.29) is 13.0 Å². The number of carboxylic acids is 1. The molecule has 0 bridgehead atoms. The van der Waals surface area contributed by atoms with Gasteiger partial charge >= 0.3 is 12.0 Å². The van der Waals surface area contributed by atoms with Gasteiger partial charge < -0.3 is 25.3 Å². The van der Waals surface area contributed by atoms with Crippen molar-refractivity contribution < 1.29 is 19.8 Å². The first-order valence-corrected chi connectivity index (χ1v) is 6.64. The van der Waals surface area contributed by atoms with Crippen LogP contribution in [0.1, 0.15) is 19.3 Å². The second kappa shape index (κ2) is 5.75. The minimum atomic E-state index is -1.07. The van der Waals surface area contributed by atoms with Crippen LogP contribution in [0, 0.1) is 0 Å². The van der Waals surface area contributed by atoms with Gasteiger partial charge in [-0.25, -0.2) is 9.59 Å². The molecule has 0 radical (unpaired) electrons. The molecule has 1 aliphatic heterocycles. The van der Waals surface area contributed by atoms with Gasteiger partial charge in [-0.3, -0.25) is 0 Å². The molecule has 0 aromatic rings. The number of urea groups is 1. The highest BCUT2D eigenvalue weighted by Crippen LogP contribution is 2.24. The SMILES string of the molecule is CN(CCNC(=O)N1C[C@@H](O)C[C@H]1C(=O)O)C1CC1. The van der Waals surface area contributed by atoms with E-state index in [0.717, 1.165) is 6.54 Å². The summed E-state index contributed by atoms with van der Waals surface area (Å²) in [6.45, 7) is 1.33. The van der Waals surface area contributed by atoms with Crippen LogP contribution in [-0.4, -0.2) is 76.9 Å². The molecule has 7 heteroatoms. The molecule has 1 heterocycles. The van der Waals surface area contributed by atoms with E-state index in [2.05, 4.69) is 10.2 Å². The lowest BCUT2D eigenvalue weighted by Gasteiger charge is -2.22. The molecule has 2 aliphatic rings. The maximum atomic E-state index is 11.9. The molecule has 3 N–H and O–H groups in total. The smallest absolute Gasteiger partial charge is 0.326 e. The third kappa shape index (κ3) is 3.57. The number of aliphatic hydroxyl groups excluding tert-OH is 1. The summed E-state index contributed by atoms with van der Waals surface area (Å²) in [5.74, 6) is -1.07. The summed E-state index contributed by atoms with van der Waals surface area (Å²) in [5, 5.41) is 21.2. The first-order valence-electron chi connectivity index (χ1n) is 6.64. The van der Waals surface area contributed by atoms with Gasteiger partial charge in [0.1, 0.15) is 6.04 Å². The lowest BCUT2D eigenvalue weighted by atomic mass is 10.2. The van der Waals surface area contributed by atoms with Crippen LogP contribution in [-0.2, 0) is 4.79 Å². The molecule has 1 aliphatic carbocycles. The van der Waals surface area contributed by atoms with Crippen LogP contribution in [0.3, 0.4) is 0 Å². The number of hydrogen-bond donors (Lipinski definition) is 3. The minimum absolute atomic E-state index is 0.0846. The monoisotopic (exact) mass is 271 g/mol. The van der Waals surface area contributed by atoms with Crippen molar-refractivity contribution in [2.24, 2.45) is 0 Å². The number of carbonyl (C=O) groups is 2. The minimum Gasteiger partial charge on any atom is -0.480 e. The van der Waals surface area contributed by atoms with E-state index in [1.54, 1.807) is 0 Å². The molecule has 2 atom stereocenters. The zero-order valence-electron chi connectivity index (χ0n) is 11.1. The van der Waals surface area contributed by atoms with Crippen LogP contribution < -0.4 is 5.32 Å². The third-order valence-corrected chi connectivity index (χ3v) is 3.74. The van der Waals surface area contributed by atoms with Gasteiger partial charge in [0.05, 0.1) is 6.10 Å². The van der Waals surface area contributed by atoms with Crippen molar-refractivity contribution in [2.45, 2.75) is 37.5 Å². The molecule has 0 spiro atoms. The summed E-state index contributed by atoms with van der Waals surface area (Å²) < 4.78 is 0. The third-order valence-electron chi connectivity index (χ3n) is 3.74. The Balaban J connectivity index is 1.76. The molecule has 19 heavy (non-hydrogen) atoms. The van der Waals surface area contributed by atoms with Crippen LogP contribution >= 0.6 is 0 Å². The number of nitrogens with zero attached hydrogens (tertiary/aromatic N) is 2. The van der Waals surface area contributed by atoms with Gasteiger partial charge in [-0.2, -0.15) is 0 Å². The van der Waals surface area contributed by atoms with Gasteiger partial charge in [0.2, 0.25) is 0 Å². The topological polar surface area (TPSA) is 93.1 Å². The highest BCUT2D eigenvalue weighted by atomic mass is 16.4. The molecule has 1 saturated heterocycles. The van der Waals surface area contributed by atoms with Gasteiger partial charge in [-0.05, 0) is 19.9 Å². The van der Waals surface area contributed by atoms with E-state index in [9.17, 15) is 14.7 Å². The van der Waals surface area contributed by atoms with Gasteiger partial charge in [-0.1, -0.05) is 0 Å². The number of aliphatic carboxylic acids is 1. The fraction of sp³-hybridized carbons (Fsp3) is 0.833. The molecule has 7 nitrogen and oxygen atoms in total. The summed E-state index contributed by atoms with van der Waals surface area (Å²) in [6.07, 6.45) is 1.78. The van der Waals surface area contributed by atoms with E-state index in [1.165, 1.54) is 17.7 Å². The maximum Gasteiger partial charge on any atom is 0.326 e. The molecule has 108 valence electrons. The predicted octanol–water partition coefficient (Wildman–Crippen LogP) is -0.690. The van der Waals surface area contributed by atoms with Crippen molar-refractivity contribution in [3.63, 3.8) is 0 Å². The molecule has 1 saturated carbocycles. The zero-order chi connectivity index (χ0) is 14.0. The Morgan fingerprint density at radius 2 is 2.11 bits per heavy atom. The Kier molecular flexibility index (Phi) is 4.26. The summed E-state index contributed by atoms with van der Waals surface area (Å²) in [4.78, 5) is 26.3. The summed E-state index contributed by atoms with van der Waals surface area (Å²) >= 11 is 0. The lowest BCUT2D eigenvalue weighted by Crippen LogP contribution is -2.47. The van der Waals surface area contributed by atoms with E-state index in [1.807, 2.05) is 7.05 Å². The van der Waals surface area contributed by atoms with Crippen molar-refractivity contribution in [2.75, 3.05) is 26.7 Å². The standard InChI is InChI=1S/C12H21N3O4/c1-14(8-2-3-8)5-4-13-12(19)15-7-9(16)6-10(15)11(17)18/h8-10,16H,2-7H2,1H3,(H,13,19)(H,17,18)/t9-,10-/m0/s1. The molecule has 2 amide bonds. The first kappa shape index (κ1) is 14.1. The average Bonchev–Trinajstić information content (AvgIpc) is 3.11. The number of hydrogen-bond acceptors (Lipinski definition) is 4. The number of likely N-dealkylation sites (tertiary alicyclic amines) is 1. The van der Waals surface area contributed by atoms with Crippen LogP contribution in [0.4, 0.5) is 4.79 Å². The molecular weight excluding hydrogens is 250 g/mol. The Labute approximate surface area is 112 Å². The highest BCUT2D eigenvalue weighted by molar-refractivity contribution is 5.83. The number of amides is 2. The Bertz CT molecular complexity index is 359. The number of aliphatic hydroxyl groups is 1. The van der Waals surface area contributed by atoms with Crippen molar-refractivity contribution >= 4 is 12.0 Å². The second-order valence-corrected chi connectivity index (χ2v) is 5.34. The number of nitrogens with one attached hydrogen (secondary N) is 1. The fourth-order valence-corrected chi connectivity index (χ4v) is 2.41. The van der Waals surface area contributed by atoms with Gasteiger partial charge in [-0.15, -0.1) is 0 Å². The zero-order valence-corrected chi connectivity index (χ0v) is 11.1. The average molecular weight is 271 g/mol. The number of likely N-dealkylation sites (N-methyl/N-ethyl adjacent to an activating group) is 1. The molecule has 0 aromatic heterocycles. The Morgan fingerprint density at radius 1 is 1.42 bits per heavy atom. The van der Waals surface area contributed by atoms with Crippen molar-refractivity contribution in [1.29, 1.82) is 0 Å². The van der Waals surface area contributed by atoms with Crippen LogP contribution in [0.2, 0.25) is 0 Å². The van der Waals surface area contributed by atoms with E-state index < -0.39 is 24.1 Å². The molecule has 0 aromatic carbocycles. The van der Waals surface area contributed by atoms with E-state index >= 15 is 0 Å². The highest BCUT2D eigenvalue weighted by Gasteiger charge is 2.38. The number of rotatable bonds is 5. The van der Waals surface area contributed by atoms with Gasteiger partial charge in [0, 0.05) is 32.1 Å². The maximum absolute atomic E-state index is 11.9. The van der Waals surface area contributed by atoms with Crippen LogP contribution in [0.15, 0.2) is 0 Å². The quantitative estimate of drug-likeness (QED) is 0.615. The molecule has 2 fully saturated rings. The number of β-amino-alcohol motifs (C(OH)–C–C–N with tert-alkyl or cyclic N) is 1. The first-order chi connectivity index (χ1) is 8.99. The second-order valence-electron chi connectivity index (χ2n) is 5.34. The van der Waals surface area contributed by atoms with Gasteiger partial charge in [0.15, 0.2) is 0 Å². The fourth-order valence-electron chi connectivity index (χ4n) is 2.41. The van der Waals surface area contributed by atoms with E-state index in [4.69, 9.17) is 5.11 Å². The lowest BCUT2D eigenvalue weighted by molar-refractivity contribution is -0.141. The Morgan fingerprint density at radius 3 is 2.68 bits per heavy atom. The van der Waals surface area contributed by atoms with Gasteiger partial charge in [0.25, 0.3) is 0 Å². The van der Waals surface area contributed by atoms with Crippen LogP contribution in [0.25, 0.3) is 0 Å². The van der Waals surface area contributed by atoms with Crippen molar-refractivity contribution in [1.82, 2.24) is 15.1 Å². The molecular formula is C12H21N3O4. The normalized spacial score (nSPS) is 26.8. The number of carbonyl (C=O) groups excluding carboxylic acids is 1.